The fourth-order valence-electron chi connectivity index (χ4n) is 1.80. The van der Waals surface area contributed by atoms with Gasteiger partial charge in [-0.15, -0.1) is 0 Å². The number of allylic oxidation sites excluding steroid dienone is 2. The highest BCUT2D eigenvalue weighted by Gasteiger charge is 2.22. The second-order valence-electron chi connectivity index (χ2n) is 5.21. The minimum absolute atomic E-state index is 0.486. The van der Waals surface area contributed by atoms with Crippen LogP contribution in [0, 0.1) is 0 Å². The van der Waals surface area contributed by atoms with Gasteiger partial charge in [0.05, 0.1) is 11.9 Å². The molecule has 104 valence electrons. The van der Waals surface area contributed by atoms with E-state index in [2.05, 4.69) is 18.6 Å². The van der Waals surface area contributed by atoms with E-state index >= 15 is 0 Å². The highest BCUT2D eigenvalue weighted by Crippen LogP contribution is 2.23. The number of aromatic nitrogens is 2. The van der Waals surface area contributed by atoms with E-state index in [1.807, 2.05) is 33.8 Å². The van der Waals surface area contributed by atoms with Gasteiger partial charge in [-0.1, -0.05) is 19.6 Å². The molecule has 0 atom stereocenters. The Morgan fingerprint density at radius 2 is 2.16 bits per heavy atom. The number of nitrogens with zero attached hydrogens (tertiary/aromatic N) is 2. The Morgan fingerprint density at radius 1 is 1.53 bits per heavy atom. The summed E-state index contributed by atoms with van der Waals surface area (Å²) in [5.41, 5.74) is 2.18. The molecule has 0 aliphatic carbocycles. The molecule has 0 saturated heterocycles. The molecule has 0 bridgehead atoms. The maximum absolute atomic E-state index is 12.1. The predicted octanol–water partition coefficient (Wildman–Crippen LogP) is 4.12. The van der Waals surface area contributed by atoms with Gasteiger partial charge in [-0.2, -0.15) is 9.78 Å². The van der Waals surface area contributed by atoms with Crippen molar-refractivity contribution in [3.05, 3.63) is 30.1 Å². The summed E-state index contributed by atoms with van der Waals surface area (Å²) in [6.07, 6.45) is 5.71. The minimum atomic E-state index is -0.546. The Bertz CT molecular complexity index is 505. The predicted molar refractivity (Wildman–Crippen MR) is 77.9 cm³/mol. The standard InChI is InChI=1S/C15H22N2O2/c1-7-11(8-2)12-10-16-17(13(12)9-3)14(18)19-15(4,5)6/h7,9-10H,3,8H2,1-2,4-6H3/b11-7-. The summed E-state index contributed by atoms with van der Waals surface area (Å²) < 4.78 is 6.58. The van der Waals surface area contributed by atoms with E-state index in [1.54, 1.807) is 12.3 Å². The van der Waals surface area contributed by atoms with Crippen LogP contribution in [0.15, 0.2) is 18.9 Å². The number of carbonyl (C=O) groups excluding carboxylic acids is 1. The third kappa shape index (κ3) is 3.56. The van der Waals surface area contributed by atoms with Crippen LogP contribution in [0.3, 0.4) is 0 Å². The van der Waals surface area contributed by atoms with E-state index in [1.165, 1.54) is 4.68 Å². The molecule has 0 aromatic carbocycles. The first-order valence-electron chi connectivity index (χ1n) is 6.43. The Hall–Kier alpha value is -1.84. The second kappa shape index (κ2) is 5.87. The Kier molecular flexibility index (Phi) is 4.70. The lowest BCUT2D eigenvalue weighted by molar-refractivity contribution is 0.0513. The number of hydrogen-bond acceptors (Lipinski definition) is 3. The van der Waals surface area contributed by atoms with Gasteiger partial charge in [0.25, 0.3) is 0 Å². The average Bonchev–Trinajstić information content (AvgIpc) is 2.72. The molecule has 0 amide bonds. The molecule has 1 aromatic heterocycles. The topological polar surface area (TPSA) is 44.1 Å². The molecule has 1 aromatic rings. The third-order valence-electron chi connectivity index (χ3n) is 2.64. The van der Waals surface area contributed by atoms with E-state index in [0.29, 0.717) is 5.69 Å². The average molecular weight is 262 g/mol. The lowest BCUT2D eigenvalue weighted by Gasteiger charge is -2.19. The molecule has 0 radical (unpaired) electrons. The summed E-state index contributed by atoms with van der Waals surface area (Å²) in [5, 5.41) is 4.12. The van der Waals surface area contributed by atoms with E-state index in [9.17, 15) is 4.79 Å². The van der Waals surface area contributed by atoms with Crippen molar-refractivity contribution in [2.75, 3.05) is 0 Å². The molecule has 1 rings (SSSR count). The van der Waals surface area contributed by atoms with Crippen molar-refractivity contribution < 1.29 is 9.53 Å². The van der Waals surface area contributed by atoms with Crippen molar-refractivity contribution in [2.24, 2.45) is 0 Å². The van der Waals surface area contributed by atoms with E-state index in [-0.39, 0.29) is 0 Å². The zero-order valence-corrected chi connectivity index (χ0v) is 12.4. The number of rotatable bonds is 3. The van der Waals surface area contributed by atoms with Crippen LogP contribution in [0.5, 0.6) is 0 Å². The van der Waals surface area contributed by atoms with Crippen molar-refractivity contribution in [3.63, 3.8) is 0 Å². The molecule has 0 saturated carbocycles. The van der Waals surface area contributed by atoms with Gasteiger partial charge in [-0.05, 0) is 45.8 Å². The monoisotopic (exact) mass is 262 g/mol. The van der Waals surface area contributed by atoms with Crippen molar-refractivity contribution in [3.8, 4) is 0 Å². The lowest BCUT2D eigenvalue weighted by Crippen LogP contribution is -2.28. The summed E-state index contributed by atoms with van der Waals surface area (Å²) in [7, 11) is 0. The van der Waals surface area contributed by atoms with Crippen LogP contribution in [0.4, 0.5) is 4.79 Å². The van der Waals surface area contributed by atoms with Gasteiger partial charge in [0.2, 0.25) is 0 Å². The summed E-state index contributed by atoms with van der Waals surface area (Å²) in [6.45, 7) is 13.3. The van der Waals surface area contributed by atoms with Crippen molar-refractivity contribution in [1.82, 2.24) is 9.78 Å². The Balaban J connectivity index is 3.18. The fraction of sp³-hybridized carbons (Fsp3) is 0.467. The molecular formula is C15H22N2O2. The number of hydrogen-bond donors (Lipinski definition) is 0. The van der Waals surface area contributed by atoms with Crippen LogP contribution in [0.25, 0.3) is 11.6 Å². The highest BCUT2D eigenvalue weighted by atomic mass is 16.6. The molecule has 0 aliphatic heterocycles. The van der Waals surface area contributed by atoms with Crippen LogP contribution in [0.1, 0.15) is 52.3 Å². The van der Waals surface area contributed by atoms with Crippen molar-refractivity contribution in [1.29, 1.82) is 0 Å². The van der Waals surface area contributed by atoms with Crippen LogP contribution in [0.2, 0.25) is 0 Å². The maximum atomic E-state index is 12.1. The first-order valence-corrected chi connectivity index (χ1v) is 6.43. The normalized spacial score (nSPS) is 12.4. The maximum Gasteiger partial charge on any atom is 0.435 e. The van der Waals surface area contributed by atoms with Crippen LogP contribution in [-0.2, 0) is 4.74 Å². The van der Waals surface area contributed by atoms with Gasteiger partial charge in [-0.3, -0.25) is 0 Å². The van der Waals surface area contributed by atoms with Crippen LogP contribution in [-0.4, -0.2) is 21.5 Å². The molecule has 1 heterocycles. The smallest absolute Gasteiger partial charge is 0.435 e. The Morgan fingerprint density at radius 3 is 2.58 bits per heavy atom. The van der Waals surface area contributed by atoms with Crippen LogP contribution >= 0.6 is 0 Å². The van der Waals surface area contributed by atoms with E-state index < -0.39 is 11.7 Å². The third-order valence-corrected chi connectivity index (χ3v) is 2.64. The summed E-state index contributed by atoms with van der Waals surface area (Å²) in [5.74, 6) is 0. The first kappa shape index (κ1) is 15.2. The summed E-state index contributed by atoms with van der Waals surface area (Å²) in [4.78, 5) is 12.1. The van der Waals surface area contributed by atoms with E-state index in [4.69, 9.17) is 4.74 Å². The minimum Gasteiger partial charge on any atom is -0.442 e. The lowest BCUT2D eigenvalue weighted by atomic mass is 10.0. The molecule has 0 aliphatic rings. The molecule has 0 fully saturated rings. The Labute approximate surface area is 114 Å². The van der Waals surface area contributed by atoms with Gasteiger partial charge in [0.1, 0.15) is 5.60 Å². The molecule has 0 unspecified atom stereocenters. The molecule has 19 heavy (non-hydrogen) atoms. The van der Waals surface area contributed by atoms with Crippen molar-refractivity contribution in [2.45, 2.75) is 46.6 Å². The summed E-state index contributed by atoms with van der Waals surface area (Å²) in [6, 6.07) is 0. The zero-order valence-electron chi connectivity index (χ0n) is 12.4. The van der Waals surface area contributed by atoms with E-state index in [0.717, 1.165) is 17.6 Å². The quantitative estimate of drug-likeness (QED) is 0.823. The van der Waals surface area contributed by atoms with Gasteiger partial charge < -0.3 is 4.74 Å². The zero-order chi connectivity index (χ0) is 14.6. The second-order valence-corrected chi connectivity index (χ2v) is 5.21. The fourth-order valence-corrected chi connectivity index (χ4v) is 1.80. The summed E-state index contributed by atoms with van der Waals surface area (Å²) >= 11 is 0. The van der Waals surface area contributed by atoms with Gasteiger partial charge in [-0.25, -0.2) is 4.79 Å². The highest BCUT2D eigenvalue weighted by molar-refractivity contribution is 5.79. The van der Waals surface area contributed by atoms with Crippen molar-refractivity contribution >= 4 is 17.7 Å². The van der Waals surface area contributed by atoms with Crippen LogP contribution < -0.4 is 0 Å². The molecular weight excluding hydrogens is 240 g/mol. The molecule has 0 spiro atoms. The number of ether oxygens (including phenoxy) is 1. The largest absolute Gasteiger partial charge is 0.442 e. The van der Waals surface area contributed by atoms with Gasteiger partial charge in [0.15, 0.2) is 0 Å². The molecule has 0 N–H and O–H groups in total. The SMILES string of the molecule is C=Cc1c(/C(=C\C)CC)cnn1C(=O)OC(C)(C)C. The molecule has 4 heteroatoms. The molecule has 4 nitrogen and oxygen atoms in total. The van der Waals surface area contributed by atoms with Gasteiger partial charge in [0, 0.05) is 5.56 Å². The van der Waals surface area contributed by atoms with Gasteiger partial charge >= 0.3 is 6.09 Å². The number of carbonyl (C=O) groups is 1. The first-order chi connectivity index (χ1) is 8.84.